The number of hydrazine groups is 1. The molecule has 3 aliphatic heterocycles. The van der Waals surface area contributed by atoms with E-state index in [2.05, 4.69) is 34.8 Å². The fraction of sp³-hybridized carbons (Fsp3) is 0.611. The first kappa shape index (κ1) is 16.6. The third kappa shape index (κ3) is 3.73. The van der Waals surface area contributed by atoms with Crippen LogP contribution in [0.3, 0.4) is 0 Å². The summed E-state index contributed by atoms with van der Waals surface area (Å²) in [6.45, 7) is 7.56. The predicted octanol–water partition coefficient (Wildman–Crippen LogP) is 0.357. The summed E-state index contributed by atoms with van der Waals surface area (Å²) in [7, 11) is 0. The number of hydrogen-bond acceptors (Lipinski definition) is 6. The maximum Gasteiger partial charge on any atom is 0.241 e. The fourth-order valence-corrected chi connectivity index (χ4v) is 3.67. The van der Waals surface area contributed by atoms with Crippen LogP contribution < -0.4 is 20.3 Å². The number of nitrogens with one attached hydrogen (secondary N) is 2. The molecular formula is C18H26N4O3. The number of piperazine rings is 1. The van der Waals surface area contributed by atoms with Gasteiger partial charge in [0, 0.05) is 38.8 Å². The lowest BCUT2D eigenvalue weighted by molar-refractivity contribution is -0.135. The summed E-state index contributed by atoms with van der Waals surface area (Å²) >= 11 is 0. The molecule has 7 heteroatoms. The first-order valence-electron chi connectivity index (χ1n) is 9.10. The SMILES string of the molecule is CC1CC(C(=O)N2CCN(Cc3ccc4c(c3)OCCO4)CC2)NN1. The normalized spacial score (nSPS) is 26.7. The predicted molar refractivity (Wildman–Crippen MR) is 93.4 cm³/mol. The molecule has 0 saturated carbocycles. The van der Waals surface area contributed by atoms with Gasteiger partial charge in [0.2, 0.25) is 5.91 Å². The van der Waals surface area contributed by atoms with Gasteiger partial charge >= 0.3 is 0 Å². The van der Waals surface area contributed by atoms with E-state index in [-0.39, 0.29) is 11.9 Å². The Bertz CT molecular complexity index is 631. The van der Waals surface area contributed by atoms with E-state index in [4.69, 9.17) is 9.47 Å². The van der Waals surface area contributed by atoms with Crippen LogP contribution in [-0.2, 0) is 11.3 Å². The van der Waals surface area contributed by atoms with Gasteiger partial charge in [-0.1, -0.05) is 6.07 Å². The van der Waals surface area contributed by atoms with Crippen LogP contribution in [-0.4, -0.2) is 67.2 Å². The Morgan fingerprint density at radius 1 is 1.12 bits per heavy atom. The molecule has 2 atom stereocenters. The van der Waals surface area contributed by atoms with Crippen LogP contribution in [0.1, 0.15) is 18.9 Å². The average Bonchev–Trinajstić information content (AvgIpc) is 3.08. The van der Waals surface area contributed by atoms with Gasteiger partial charge in [-0.15, -0.1) is 0 Å². The van der Waals surface area contributed by atoms with Crippen molar-refractivity contribution in [3.05, 3.63) is 23.8 Å². The molecule has 4 rings (SSSR count). The monoisotopic (exact) mass is 346 g/mol. The Morgan fingerprint density at radius 2 is 1.88 bits per heavy atom. The molecule has 0 bridgehead atoms. The lowest BCUT2D eigenvalue weighted by Crippen LogP contribution is -2.53. The lowest BCUT2D eigenvalue weighted by atomic mass is 10.1. The van der Waals surface area contributed by atoms with E-state index in [0.717, 1.165) is 50.6 Å². The molecule has 1 amide bonds. The molecule has 25 heavy (non-hydrogen) atoms. The van der Waals surface area contributed by atoms with Gasteiger partial charge < -0.3 is 14.4 Å². The van der Waals surface area contributed by atoms with E-state index < -0.39 is 0 Å². The molecule has 2 N–H and O–H groups in total. The number of ether oxygens (including phenoxy) is 2. The molecule has 7 nitrogen and oxygen atoms in total. The highest BCUT2D eigenvalue weighted by Crippen LogP contribution is 2.31. The van der Waals surface area contributed by atoms with Gasteiger partial charge in [-0.2, -0.15) is 0 Å². The highest BCUT2D eigenvalue weighted by atomic mass is 16.6. The van der Waals surface area contributed by atoms with Crippen LogP contribution in [0.4, 0.5) is 0 Å². The summed E-state index contributed by atoms with van der Waals surface area (Å²) in [4.78, 5) is 16.9. The molecule has 0 spiro atoms. The largest absolute Gasteiger partial charge is 0.486 e. The molecule has 0 aromatic heterocycles. The minimum Gasteiger partial charge on any atom is -0.486 e. The number of rotatable bonds is 3. The number of amides is 1. The van der Waals surface area contributed by atoms with Gasteiger partial charge in [-0.05, 0) is 31.0 Å². The van der Waals surface area contributed by atoms with Gasteiger partial charge in [0.05, 0.1) is 0 Å². The lowest BCUT2D eigenvalue weighted by Gasteiger charge is -2.36. The van der Waals surface area contributed by atoms with Crippen LogP contribution in [0.5, 0.6) is 11.5 Å². The highest BCUT2D eigenvalue weighted by molar-refractivity contribution is 5.82. The Labute approximate surface area is 148 Å². The van der Waals surface area contributed by atoms with E-state index in [1.165, 1.54) is 5.56 Å². The number of carbonyl (C=O) groups excluding carboxylic acids is 1. The third-order valence-corrected chi connectivity index (χ3v) is 5.09. The van der Waals surface area contributed by atoms with Gasteiger partial charge in [-0.3, -0.25) is 15.1 Å². The maximum atomic E-state index is 12.5. The van der Waals surface area contributed by atoms with Gasteiger partial charge in [0.25, 0.3) is 0 Å². The van der Waals surface area contributed by atoms with Crippen molar-refractivity contribution in [2.75, 3.05) is 39.4 Å². The minimum atomic E-state index is -0.0839. The summed E-state index contributed by atoms with van der Waals surface area (Å²) in [5.74, 6) is 1.89. The average molecular weight is 346 g/mol. The maximum absolute atomic E-state index is 12.5. The standard InChI is InChI=1S/C18H26N4O3/c1-13-10-15(20-19-13)18(23)22-6-4-21(5-7-22)12-14-2-3-16-17(11-14)25-9-8-24-16/h2-3,11,13,15,19-20H,4-10,12H2,1H3. The first-order chi connectivity index (χ1) is 12.2. The second-order valence-electron chi connectivity index (χ2n) is 7.06. The van der Waals surface area contributed by atoms with E-state index >= 15 is 0 Å². The smallest absolute Gasteiger partial charge is 0.241 e. The van der Waals surface area contributed by atoms with Crippen molar-refractivity contribution in [2.45, 2.75) is 32.0 Å². The molecule has 3 heterocycles. The summed E-state index contributed by atoms with van der Waals surface area (Å²) in [6, 6.07) is 6.43. The number of fused-ring (bicyclic) bond motifs is 1. The highest BCUT2D eigenvalue weighted by Gasteiger charge is 2.31. The number of carbonyl (C=O) groups is 1. The van der Waals surface area contributed by atoms with Crippen molar-refractivity contribution in [3.8, 4) is 11.5 Å². The minimum absolute atomic E-state index is 0.0839. The van der Waals surface area contributed by atoms with E-state index in [0.29, 0.717) is 19.3 Å². The van der Waals surface area contributed by atoms with Crippen molar-refractivity contribution >= 4 is 5.91 Å². The molecule has 2 unspecified atom stereocenters. The zero-order chi connectivity index (χ0) is 17.2. The Morgan fingerprint density at radius 3 is 2.60 bits per heavy atom. The Hall–Kier alpha value is -1.83. The fourth-order valence-electron chi connectivity index (χ4n) is 3.67. The van der Waals surface area contributed by atoms with Crippen LogP contribution in [0.2, 0.25) is 0 Å². The van der Waals surface area contributed by atoms with Crippen molar-refractivity contribution < 1.29 is 14.3 Å². The van der Waals surface area contributed by atoms with E-state index in [1.807, 2.05) is 11.0 Å². The van der Waals surface area contributed by atoms with E-state index in [1.54, 1.807) is 0 Å². The zero-order valence-electron chi connectivity index (χ0n) is 14.7. The Kier molecular flexibility index (Phi) is 4.78. The molecule has 3 aliphatic rings. The van der Waals surface area contributed by atoms with Crippen molar-refractivity contribution in [1.29, 1.82) is 0 Å². The topological polar surface area (TPSA) is 66.1 Å². The zero-order valence-corrected chi connectivity index (χ0v) is 14.7. The van der Waals surface area contributed by atoms with Gasteiger partial charge in [0.15, 0.2) is 11.5 Å². The van der Waals surface area contributed by atoms with E-state index in [9.17, 15) is 4.79 Å². The van der Waals surface area contributed by atoms with Crippen molar-refractivity contribution in [1.82, 2.24) is 20.7 Å². The number of nitrogens with zero attached hydrogens (tertiary/aromatic N) is 2. The summed E-state index contributed by atoms with van der Waals surface area (Å²) in [5, 5.41) is 0. The van der Waals surface area contributed by atoms with Crippen LogP contribution >= 0.6 is 0 Å². The molecule has 2 saturated heterocycles. The first-order valence-corrected chi connectivity index (χ1v) is 9.10. The van der Waals surface area contributed by atoms with Crippen molar-refractivity contribution in [3.63, 3.8) is 0 Å². The molecule has 136 valence electrons. The van der Waals surface area contributed by atoms with Crippen molar-refractivity contribution in [2.24, 2.45) is 0 Å². The third-order valence-electron chi connectivity index (χ3n) is 5.09. The van der Waals surface area contributed by atoms with Gasteiger partial charge in [-0.25, -0.2) is 5.43 Å². The molecular weight excluding hydrogens is 320 g/mol. The molecule has 1 aromatic carbocycles. The number of hydrogen-bond donors (Lipinski definition) is 2. The number of benzene rings is 1. The quantitative estimate of drug-likeness (QED) is 0.824. The second-order valence-corrected chi connectivity index (χ2v) is 7.06. The molecule has 2 fully saturated rings. The summed E-state index contributed by atoms with van der Waals surface area (Å²) in [5.41, 5.74) is 7.45. The van der Waals surface area contributed by atoms with Crippen LogP contribution in [0, 0.1) is 0 Å². The van der Waals surface area contributed by atoms with Crippen LogP contribution in [0.25, 0.3) is 0 Å². The molecule has 0 aliphatic carbocycles. The van der Waals surface area contributed by atoms with Crippen LogP contribution in [0.15, 0.2) is 18.2 Å². The van der Waals surface area contributed by atoms with Gasteiger partial charge in [0.1, 0.15) is 19.3 Å². The summed E-state index contributed by atoms with van der Waals surface area (Å²) in [6.07, 6.45) is 0.857. The Balaban J connectivity index is 1.29. The molecule has 1 aromatic rings. The summed E-state index contributed by atoms with van der Waals surface area (Å²) < 4.78 is 11.2. The second kappa shape index (κ2) is 7.19. The molecule has 0 radical (unpaired) electrons.